The van der Waals surface area contributed by atoms with Crippen molar-refractivity contribution in [3.63, 3.8) is 0 Å². The van der Waals surface area contributed by atoms with Crippen LogP contribution >= 0.6 is 8.03 Å². The van der Waals surface area contributed by atoms with Crippen molar-refractivity contribution < 1.29 is 43.8 Å². The van der Waals surface area contributed by atoms with E-state index in [-0.39, 0.29) is 29.6 Å². The monoisotopic (exact) mass is 129 g/mol. The van der Waals surface area contributed by atoms with Gasteiger partial charge in [0.2, 0.25) is 0 Å². The van der Waals surface area contributed by atoms with Gasteiger partial charge in [0.15, 0.2) is 0 Å². The molecule has 0 aliphatic heterocycles. The van der Waals surface area contributed by atoms with Gasteiger partial charge in [0.25, 0.3) is 0 Å². The van der Waals surface area contributed by atoms with E-state index in [0.717, 1.165) is 6.92 Å². The van der Waals surface area contributed by atoms with Crippen molar-refractivity contribution in [1.29, 1.82) is 0 Å². The summed E-state index contributed by atoms with van der Waals surface area (Å²) >= 11 is 0. The molecule has 1 unspecified atom stereocenters. The van der Waals surface area contributed by atoms with Crippen molar-refractivity contribution in [3.05, 3.63) is 0 Å². The summed E-state index contributed by atoms with van der Waals surface area (Å²) < 4.78 is 9.39. The van der Waals surface area contributed by atoms with Crippen molar-refractivity contribution in [2.75, 3.05) is 0 Å². The summed E-state index contributed by atoms with van der Waals surface area (Å²) in [5, 5.41) is 0. The van der Waals surface area contributed by atoms with Crippen molar-refractivity contribution >= 4 is 13.6 Å². The molecule has 0 aliphatic carbocycles. The van der Waals surface area contributed by atoms with E-state index >= 15 is 0 Å². The van der Waals surface area contributed by atoms with Gasteiger partial charge in [0.1, 0.15) is 0 Å². The van der Waals surface area contributed by atoms with Gasteiger partial charge < -0.3 is 4.89 Å². The van der Waals surface area contributed by atoms with Gasteiger partial charge in [-0.05, 0) is 0 Å². The molecule has 0 aliphatic rings. The Bertz CT molecular complexity index is 78.9. The first kappa shape index (κ1) is 10.7. The van der Waals surface area contributed by atoms with Gasteiger partial charge in [-0.3, -0.25) is 0 Å². The zero-order valence-electron chi connectivity index (χ0n) is 4.17. The van der Waals surface area contributed by atoms with Crippen LogP contribution in [0.5, 0.6) is 0 Å². The molecule has 0 radical (unpaired) electrons. The Morgan fingerprint density at radius 3 is 1.86 bits per heavy atom. The number of carbonyl (C=O) groups excluding carboxylic acids is 1. The summed E-state index contributed by atoms with van der Waals surface area (Å²) in [4.78, 5) is 18.9. The molecule has 0 aromatic rings. The van der Waals surface area contributed by atoms with E-state index in [1.807, 2.05) is 0 Å². The molecule has 0 rings (SSSR count). The Kier molecular flexibility index (Phi) is 7.43. The van der Waals surface area contributed by atoms with Crippen molar-refractivity contribution in [3.8, 4) is 0 Å². The van der Waals surface area contributed by atoms with Crippen LogP contribution in [0.15, 0.2) is 0 Å². The van der Waals surface area contributed by atoms with Crippen LogP contribution in [0, 0.1) is 0 Å². The fourth-order valence-corrected chi connectivity index (χ4v) is 0. The minimum absolute atomic E-state index is 0. The van der Waals surface area contributed by atoms with Crippen LogP contribution in [0.3, 0.4) is 0 Å². The number of rotatable bonds is 1. The normalized spacial score (nSPS) is 9.14. The first-order valence-electron chi connectivity index (χ1n) is 1.29. The average Bonchev–Trinajstić information content (AvgIpc) is 1.36. The zero-order valence-corrected chi connectivity index (χ0v) is 7.07. The van der Waals surface area contributed by atoms with E-state index in [9.17, 15) is 14.3 Å². The average molecular weight is 129 g/mol. The molecule has 0 heterocycles. The molecule has 0 saturated carbocycles. The van der Waals surface area contributed by atoms with Crippen LogP contribution in [0.25, 0.3) is 0 Å². The molecule has 7 heavy (non-hydrogen) atoms. The van der Waals surface area contributed by atoms with E-state index in [4.69, 9.17) is 0 Å². The summed E-state index contributed by atoms with van der Waals surface area (Å²) in [7, 11) is -2.80. The van der Waals surface area contributed by atoms with Gasteiger partial charge in [-0.15, -0.1) is 0 Å². The maximum Gasteiger partial charge on any atom is 1.00 e. The SMILES string of the molecule is CC(=O)[P+](=O)[O-].[Na+]. The van der Waals surface area contributed by atoms with E-state index in [1.165, 1.54) is 0 Å². The minimum atomic E-state index is -2.80. The first-order valence-corrected chi connectivity index (χ1v) is 2.47. The van der Waals surface area contributed by atoms with Gasteiger partial charge in [-0.2, -0.15) is 0 Å². The molecule has 0 saturated heterocycles. The summed E-state index contributed by atoms with van der Waals surface area (Å²) in [6, 6.07) is 0. The van der Waals surface area contributed by atoms with Crippen molar-refractivity contribution in [2.24, 2.45) is 0 Å². The second kappa shape index (κ2) is 4.88. The van der Waals surface area contributed by atoms with Crippen LogP contribution in [-0.2, 0) is 9.36 Å². The smallest absolute Gasteiger partial charge is 0.588 e. The fraction of sp³-hybridized carbons (Fsp3) is 0.500. The third-order valence-electron chi connectivity index (χ3n) is 0.257. The predicted molar refractivity (Wildman–Crippen MR) is 18.3 cm³/mol. The first-order chi connectivity index (χ1) is 2.64. The summed E-state index contributed by atoms with van der Waals surface area (Å²) in [6.45, 7) is 1.01. The van der Waals surface area contributed by atoms with Gasteiger partial charge in [0.05, 0.1) is 0 Å². The van der Waals surface area contributed by atoms with E-state index in [2.05, 4.69) is 0 Å². The Balaban J connectivity index is 0. The molecule has 0 aromatic heterocycles. The molecule has 34 valence electrons. The second-order valence-electron chi connectivity index (χ2n) is 0.776. The van der Waals surface area contributed by atoms with Crippen LogP contribution in [0.1, 0.15) is 6.92 Å². The topological polar surface area (TPSA) is 57.2 Å². The van der Waals surface area contributed by atoms with E-state index in [0.29, 0.717) is 0 Å². The summed E-state index contributed by atoms with van der Waals surface area (Å²) in [5.41, 5.74) is -0.787. The third kappa shape index (κ3) is 6.73. The molecule has 0 aromatic carbocycles. The molecule has 0 amide bonds. The van der Waals surface area contributed by atoms with Gasteiger partial charge in [-0.25, -0.2) is 4.79 Å². The van der Waals surface area contributed by atoms with Crippen molar-refractivity contribution in [1.82, 2.24) is 0 Å². The molecule has 1 atom stereocenters. The zero-order chi connectivity index (χ0) is 5.15. The van der Waals surface area contributed by atoms with Gasteiger partial charge >= 0.3 is 43.1 Å². The molecule has 0 spiro atoms. The van der Waals surface area contributed by atoms with Crippen LogP contribution in [0.4, 0.5) is 0 Å². The number of hydrogen-bond acceptors (Lipinski definition) is 3. The van der Waals surface area contributed by atoms with E-state index in [1.54, 1.807) is 0 Å². The maximum atomic E-state index is 9.55. The Morgan fingerprint density at radius 1 is 1.71 bits per heavy atom. The van der Waals surface area contributed by atoms with Crippen molar-refractivity contribution in [2.45, 2.75) is 6.92 Å². The summed E-state index contributed by atoms with van der Waals surface area (Å²) in [5.74, 6) is 0. The predicted octanol–water partition coefficient (Wildman–Crippen LogP) is -3.36. The molecule has 3 nitrogen and oxygen atoms in total. The Hall–Kier alpha value is 0.730. The minimum Gasteiger partial charge on any atom is -0.588 e. The molecule has 0 bridgehead atoms. The molecular formula is C2H3NaO3P+. The molecule has 0 N–H and O–H groups in total. The Morgan fingerprint density at radius 2 is 1.86 bits per heavy atom. The largest absolute Gasteiger partial charge is 1.00 e. The van der Waals surface area contributed by atoms with Gasteiger partial charge in [-0.1, -0.05) is 4.57 Å². The molecule has 0 fully saturated rings. The molecular weight excluding hydrogens is 126 g/mol. The maximum absolute atomic E-state index is 9.55. The fourth-order valence-electron chi connectivity index (χ4n) is 0. The summed E-state index contributed by atoms with van der Waals surface area (Å²) in [6.07, 6.45) is 0. The van der Waals surface area contributed by atoms with Crippen LogP contribution in [-0.4, -0.2) is 5.52 Å². The second-order valence-corrected chi connectivity index (χ2v) is 1.92. The standard InChI is InChI=1S/C2H3O3P.Na/c1-2(3)6(4)5;/h1H3;/q;+1. The van der Waals surface area contributed by atoms with E-state index < -0.39 is 13.6 Å². The third-order valence-corrected chi connectivity index (χ3v) is 0.771. The van der Waals surface area contributed by atoms with Crippen LogP contribution in [0.2, 0.25) is 0 Å². The quantitative estimate of drug-likeness (QED) is 0.274. The molecule has 5 heteroatoms. The number of hydrogen-bond donors (Lipinski definition) is 0. The Labute approximate surface area is 64.3 Å². The number of carbonyl (C=O) groups is 1. The van der Waals surface area contributed by atoms with Crippen LogP contribution < -0.4 is 34.5 Å². The van der Waals surface area contributed by atoms with Gasteiger partial charge in [0, 0.05) is 6.92 Å².